The molecule has 0 aromatic heterocycles. The minimum atomic E-state index is -0.466. The van der Waals surface area contributed by atoms with Gasteiger partial charge in [-0.05, 0) is 19.3 Å². The summed E-state index contributed by atoms with van der Waals surface area (Å²) in [4.78, 5) is 12.3. The second kappa shape index (κ2) is 7.89. The molecule has 1 heterocycles. The van der Waals surface area contributed by atoms with Gasteiger partial charge in [0.2, 0.25) is 0 Å². The molecule has 0 unspecified atom stereocenters. The van der Waals surface area contributed by atoms with Gasteiger partial charge in [-0.15, -0.1) is 0 Å². The molecule has 1 aromatic rings. The first-order valence-corrected chi connectivity index (χ1v) is 7.28. The molecular weight excluding hydrogens is 288 g/mol. The van der Waals surface area contributed by atoms with E-state index in [1.54, 1.807) is 12.1 Å². The van der Waals surface area contributed by atoms with Gasteiger partial charge in [0.15, 0.2) is 11.5 Å². The Kier molecular flexibility index (Phi) is 5.89. The Balaban J connectivity index is 2.10. The fourth-order valence-electron chi connectivity index (χ4n) is 2.37. The quantitative estimate of drug-likeness (QED) is 0.752. The molecule has 1 saturated heterocycles. The lowest BCUT2D eigenvalue weighted by Crippen LogP contribution is -2.26. The van der Waals surface area contributed by atoms with Crippen LogP contribution in [0.2, 0.25) is 0 Å². The highest BCUT2D eigenvalue weighted by Crippen LogP contribution is 2.35. The van der Waals surface area contributed by atoms with Gasteiger partial charge in [-0.3, -0.25) is 0 Å². The van der Waals surface area contributed by atoms with Gasteiger partial charge in [-0.25, -0.2) is 4.79 Å². The number of carbonyl (C=O) groups excluding carboxylic acids is 1. The van der Waals surface area contributed by atoms with Crippen molar-refractivity contribution in [1.82, 2.24) is 0 Å². The first kappa shape index (κ1) is 16.4. The molecule has 0 N–H and O–H groups in total. The largest absolute Gasteiger partial charge is 0.496 e. The maximum absolute atomic E-state index is 12.3. The van der Waals surface area contributed by atoms with E-state index in [1.807, 2.05) is 0 Å². The van der Waals surface area contributed by atoms with Gasteiger partial charge in [0, 0.05) is 18.7 Å². The number of esters is 1. The number of carbonyl (C=O) groups is 1. The molecule has 122 valence electrons. The summed E-state index contributed by atoms with van der Waals surface area (Å²) in [7, 11) is 4.52. The summed E-state index contributed by atoms with van der Waals surface area (Å²) in [5, 5.41) is 0. The van der Waals surface area contributed by atoms with Crippen molar-refractivity contribution in [3.63, 3.8) is 0 Å². The standard InChI is InChI=1S/C16H22O6/c1-18-13-9-15(20-3)14(19-2)8-12(13)16(17)22-10-11-6-4-5-7-21-11/h8-9,11H,4-7,10H2,1-3H3/t11-/m1/s1. The minimum Gasteiger partial charge on any atom is -0.496 e. The third-order valence-electron chi connectivity index (χ3n) is 3.60. The average molecular weight is 310 g/mol. The van der Waals surface area contributed by atoms with E-state index in [2.05, 4.69) is 0 Å². The SMILES string of the molecule is COc1cc(OC)c(C(=O)OC[C@H]2CCCCO2)cc1OC. The van der Waals surface area contributed by atoms with Crippen molar-refractivity contribution < 1.29 is 28.5 Å². The summed E-state index contributed by atoms with van der Waals surface area (Å²) in [5.74, 6) is 0.856. The Hall–Kier alpha value is -1.95. The van der Waals surface area contributed by atoms with Crippen LogP contribution in [0.15, 0.2) is 12.1 Å². The van der Waals surface area contributed by atoms with E-state index in [0.717, 1.165) is 25.9 Å². The lowest BCUT2D eigenvalue weighted by Gasteiger charge is -2.22. The summed E-state index contributed by atoms with van der Waals surface area (Å²) in [6.07, 6.45) is 3.05. The number of rotatable bonds is 6. The predicted molar refractivity (Wildman–Crippen MR) is 80.0 cm³/mol. The molecule has 0 bridgehead atoms. The van der Waals surface area contributed by atoms with E-state index in [-0.39, 0.29) is 12.7 Å². The van der Waals surface area contributed by atoms with E-state index in [4.69, 9.17) is 23.7 Å². The van der Waals surface area contributed by atoms with Gasteiger partial charge >= 0.3 is 5.97 Å². The first-order chi connectivity index (χ1) is 10.7. The predicted octanol–water partition coefficient (Wildman–Crippen LogP) is 2.44. The van der Waals surface area contributed by atoms with Crippen LogP contribution in [-0.4, -0.2) is 46.6 Å². The van der Waals surface area contributed by atoms with E-state index < -0.39 is 5.97 Å². The molecule has 1 atom stereocenters. The van der Waals surface area contributed by atoms with Gasteiger partial charge in [-0.2, -0.15) is 0 Å². The molecule has 1 aliphatic heterocycles. The summed E-state index contributed by atoms with van der Waals surface area (Å²) < 4.78 is 26.5. The zero-order valence-electron chi connectivity index (χ0n) is 13.2. The van der Waals surface area contributed by atoms with Crippen LogP contribution in [-0.2, 0) is 9.47 Å². The zero-order valence-corrected chi connectivity index (χ0v) is 13.2. The molecule has 0 saturated carbocycles. The van der Waals surface area contributed by atoms with Crippen LogP contribution in [0.4, 0.5) is 0 Å². The molecule has 1 aliphatic rings. The van der Waals surface area contributed by atoms with Gasteiger partial charge in [0.1, 0.15) is 17.9 Å². The normalized spacial score (nSPS) is 17.7. The van der Waals surface area contributed by atoms with Crippen molar-refractivity contribution in [2.45, 2.75) is 25.4 Å². The van der Waals surface area contributed by atoms with E-state index in [1.165, 1.54) is 21.3 Å². The van der Waals surface area contributed by atoms with Gasteiger partial charge in [0.25, 0.3) is 0 Å². The van der Waals surface area contributed by atoms with E-state index in [9.17, 15) is 4.79 Å². The number of ether oxygens (including phenoxy) is 5. The molecule has 0 amide bonds. The van der Waals surface area contributed by atoms with Crippen LogP contribution in [0.3, 0.4) is 0 Å². The Morgan fingerprint density at radius 2 is 1.77 bits per heavy atom. The van der Waals surface area contributed by atoms with Gasteiger partial charge < -0.3 is 23.7 Å². The highest BCUT2D eigenvalue weighted by atomic mass is 16.6. The highest BCUT2D eigenvalue weighted by molar-refractivity contribution is 5.93. The van der Waals surface area contributed by atoms with Crippen molar-refractivity contribution in [3.8, 4) is 17.2 Å². The van der Waals surface area contributed by atoms with Crippen molar-refractivity contribution in [2.24, 2.45) is 0 Å². The summed E-state index contributed by atoms with van der Waals surface area (Å²) >= 11 is 0. The topological polar surface area (TPSA) is 63.2 Å². The van der Waals surface area contributed by atoms with Crippen LogP contribution in [0, 0.1) is 0 Å². The number of hydrogen-bond acceptors (Lipinski definition) is 6. The molecule has 0 spiro atoms. The van der Waals surface area contributed by atoms with Crippen LogP contribution in [0.1, 0.15) is 29.6 Å². The lowest BCUT2D eigenvalue weighted by molar-refractivity contribution is -0.0301. The van der Waals surface area contributed by atoms with Crippen LogP contribution < -0.4 is 14.2 Å². The zero-order chi connectivity index (χ0) is 15.9. The molecule has 0 radical (unpaired) electrons. The Morgan fingerprint density at radius 3 is 2.36 bits per heavy atom. The molecular formula is C16H22O6. The van der Waals surface area contributed by atoms with E-state index in [0.29, 0.717) is 22.8 Å². The maximum atomic E-state index is 12.3. The summed E-state index contributed by atoms with van der Waals surface area (Å²) in [6, 6.07) is 3.16. The molecule has 0 aliphatic carbocycles. The molecule has 6 heteroatoms. The molecule has 1 fully saturated rings. The summed E-state index contributed by atoms with van der Waals surface area (Å²) in [5.41, 5.74) is 0.302. The Labute approximate surface area is 130 Å². The van der Waals surface area contributed by atoms with Crippen molar-refractivity contribution in [2.75, 3.05) is 34.5 Å². The van der Waals surface area contributed by atoms with Crippen molar-refractivity contribution in [1.29, 1.82) is 0 Å². The fraction of sp³-hybridized carbons (Fsp3) is 0.562. The van der Waals surface area contributed by atoms with Crippen molar-refractivity contribution >= 4 is 5.97 Å². The number of hydrogen-bond donors (Lipinski definition) is 0. The lowest BCUT2D eigenvalue weighted by atomic mass is 10.1. The number of methoxy groups -OCH3 is 3. The average Bonchev–Trinajstić information content (AvgIpc) is 2.59. The fourth-order valence-corrected chi connectivity index (χ4v) is 2.37. The summed E-state index contributed by atoms with van der Waals surface area (Å²) in [6.45, 7) is 0.970. The first-order valence-electron chi connectivity index (χ1n) is 7.28. The number of benzene rings is 1. The Bertz CT molecular complexity index is 508. The highest BCUT2D eigenvalue weighted by Gasteiger charge is 2.21. The van der Waals surface area contributed by atoms with Gasteiger partial charge in [-0.1, -0.05) is 0 Å². The second-order valence-corrected chi connectivity index (χ2v) is 4.99. The van der Waals surface area contributed by atoms with Crippen LogP contribution >= 0.6 is 0 Å². The maximum Gasteiger partial charge on any atom is 0.342 e. The smallest absolute Gasteiger partial charge is 0.342 e. The monoisotopic (exact) mass is 310 g/mol. The molecule has 6 nitrogen and oxygen atoms in total. The van der Waals surface area contributed by atoms with Crippen LogP contribution in [0.5, 0.6) is 17.2 Å². The second-order valence-electron chi connectivity index (χ2n) is 4.99. The van der Waals surface area contributed by atoms with Gasteiger partial charge in [0.05, 0.1) is 27.4 Å². The third-order valence-corrected chi connectivity index (χ3v) is 3.60. The van der Waals surface area contributed by atoms with Crippen molar-refractivity contribution in [3.05, 3.63) is 17.7 Å². The molecule has 1 aromatic carbocycles. The Morgan fingerprint density at radius 1 is 1.09 bits per heavy atom. The van der Waals surface area contributed by atoms with E-state index >= 15 is 0 Å². The molecule has 22 heavy (non-hydrogen) atoms. The third kappa shape index (κ3) is 3.82. The van der Waals surface area contributed by atoms with Crippen LogP contribution in [0.25, 0.3) is 0 Å². The molecule has 2 rings (SSSR count). The minimum absolute atomic E-state index is 0.0242.